The fourth-order valence-electron chi connectivity index (χ4n) is 1.45. The van der Waals surface area contributed by atoms with Crippen molar-refractivity contribution in [2.45, 2.75) is 19.5 Å². The van der Waals surface area contributed by atoms with Gasteiger partial charge in [-0.2, -0.15) is 5.10 Å². The van der Waals surface area contributed by atoms with E-state index in [4.69, 9.17) is 0 Å². The number of aryl methyl sites for hydroxylation is 1. The Balaban J connectivity index is 1.88. The molecule has 1 unspecified atom stereocenters. The van der Waals surface area contributed by atoms with Crippen LogP contribution in [0.25, 0.3) is 0 Å². The monoisotopic (exact) mass is 205 g/mol. The lowest BCUT2D eigenvalue weighted by atomic mass is 10.3. The van der Waals surface area contributed by atoms with Crippen LogP contribution in [0.3, 0.4) is 0 Å². The minimum absolute atomic E-state index is 0.222. The third-order valence-electron chi connectivity index (χ3n) is 2.30. The molecule has 5 nitrogen and oxygen atoms in total. The van der Waals surface area contributed by atoms with Gasteiger partial charge in [0.2, 0.25) is 0 Å². The van der Waals surface area contributed by atoms with Gasteiger partial charge in [-0.1, -0.05) is 0 Å². The van der Waals surface area contributed by atoms with E-state index in [9.17, 15) is 0 Å². The quantitative estimate of drug-likeness (QED) is 0.782. The molecule has 2 N–H and O–H groups in total. The van der Waals surface area contributed by atoms with E-state index in [1.807, 2.05) is 25.6 Å². The van der Waals surface area contributed by atoms with Crippen molar-refractivity contribution in [3.63, 3.8) is 0 Å². The first-order valence-electron chi connectivity index (χ1n) is 4.96. The highest BCUT2D eigenvalue weighted by Crippen LogP contribution is 2.06. The van der Waals surface area contributed by atoms with Crippen molar-refractivity contribution in [1.29, 1.82) is 0 Å². The summed E-state index contributed by atoms with van der Waals surface area (Å²) in [5, 5.41) is 7.48. The van der Waals surface area contributed by atoms with Crippen LogP contribution >= 0.6 is 0 Å². The molecule has 0 aliphatic heterocycles. The Kier molecular flexibility index (Phi) is 2.82. The van der Waals surface area contributed by atoms with Gasteiger partial charge in [-0.05, 0) is 6.92 Å². The van der Waals surface area contributed by atoms with E-state index < -0.39 is 0 Å². The molecule has 15 heavy (non-hydrogen) atoms. The van der Waals surface area contributed by atoms with Gasteiger partial charge in [0.15, 0.2) is 0 Å². The van der Waals surface area contributed by atoms with E-state index in [1.54, 1.807) is 10.9 Å². The predicted molar refractivity (Wildman–Crippen MR) is 57.1 cm³/mol. The molecule has 0 saturated heterocycles. The second-order valence-corrected chi connectivity index (χ2v) is 3.60. The van der Waals surface area contributed by atoms with Crippen LogP contribution in [0, 0.1) is 0 Å². The summed E-state index contributed by atoms with van der Waals surface area (Å²) in [4.78, 5) is 7.28. The molecule has 2 aromatic rings. The molecule has 0 aliphatic rings. The van der Waals surface area contributed by atoms with Crippen molar-refractivity contribution in [2.24, 2.45) is 7.05 Å². The third-order valence-corrected chi connectivity index (χ3v) is 2.30. The smallest absolute Gasteiger partial charge is 0.122 e. The van der Waals surface area contributed by atoms with Gasteiger partial charge >= 0.3 is 0 Å². The summed E-state index contributed by atoms with van der Waals surface area (Å²) in [6.07, 6.45) is 7.46. The average Bonchev–Trinajstić information content (AvgIpc) is 2.84. The normalized spacial score (nSPS) is 12.9. The first-order valence-corrected chi connectivity index (χ1v) is 4.96. The first kappa shape index (κ1) is 9.92. The number of aromatic nitrogens is 4. The third kappa shape index (κ3) is 2.44. The zero-order valence-corrected chi connectivity index (χ0v) is 8.94. The molecule has 2 aromatic heterocycles. The maximum atomic E-state index is 4.19. The van der Waals surface area contributed by atoms with Crippen LogP contribution in [0.4, 0.5) is 0 Å². The SMILES string of the molecule is CC(NCc1cnn(C)c1)c1ncc[nH]1. The molecule has 0 amide bonds. The molecule has 2 rings (SSSR count). The average molecular weight is 205 g/mol. The molecule has 0 radical (unpaired) electrons. The Morgan fingerprint density at radius 2 is 2.47 bits per heavy atom. The summed E-state index contributed by atoms with van der Waals surface area (Å²) in [5.41, 5.74) is 1.18. The topological polar surface area (TPSA) is 58.5 Å². The number of nitrogens with zero attached hydrogens (tertiary/aromatic N) is 3. The molecule has 0 fully saturated rings. The number of nitrogens with one attached hydrogen (secondary N) is 2. The van der Waals surface area contributed by atoms with Crippen LogP contribution in [0.15, 0.2) is 24.8 Å². The number of imidazole rings is 1. The lowest BCUT2D eigenvalue weighted by Crippen LogP contribution is -2.18. The van der Waals surface area contributed by atoms with Gasteiger partial charge in [0, 0.05) is 37.7 Å². The van der Waals surface area contributed by atoms with E-state index in [0.29, 0.717) is 0 Å². The summed E-state index contributed by atoms with van der Waals surface area (Å²) in [6.45, 7) is 2.88. The summed E-state index contributed by atoms with van der Waals surface area (Å²) in [5.74, 6) is 0.957. The molecule has 5 heteroatoms. The lowest BCUT2D eigenvalue weighted by molar-refractivity contribution is 0.550. The van der Waals surface area contributed by atoms with Crippen LogP contribution < -0.4 is 5.32 Å². The Morgan fingerprint density at radius 1 is 1.60 bits per heavy atom. The Morgan fingerprint density at radius 3 is 3.07 bits per heavy atom. The van der Waals surface area contributed by atoms with Crippen molar-refractivity contribution in [3.8, 4) is 0 Å². The van der Waals surface area contributed by atoms with E-state index in [-0.39, 0.29) is 6.04 Å². The molecule has 0 bridgehead atoms. The van der Waals surface area contributed by atoms with E-state index in [1.165, 1.54) is 5.56 Å². The highest BCUT2D eigenvalue weighted by Gasteiger charge is 2.06. The number of aromatic amines is 1. The largest absolute Gasteiger partial charge is 0.347 e. The van der Waals surface area contributed by atoms with Crippen LogP contribution in [-0.4, -0.2) is 19.7 Å². The van der Waals surface area contributed by atoms with Crippen LogP contribution in [-0.2, 0) is 13.6 Å². The van der Waals surface area contributed by atoms with Crippen molar-refractivity contribution in [2.75, 3.05) is 0 Å². The molecule has 0 spiro atoms. The number of rotatable bonds is 4. The molecular formula is C10H15N5. The Labute approximate surface area is 88.5 Å². The first-order chi connectivity index (χ1) is 7.25. The van der Waals surface area contributed by atoms with E-state index in [0.717, 1.165) is 12.4 Å². The standard InChI is InChI=1S/C10H15N5/c1-8(10-11-3-4-12-10)13-5-9-6-14-15(2)7-9/h3-4,6-8,13H,5H2,1-2H3,(H,11,12). The summed E-state index contributed by atoms with van der Waals surface area (Å²) >= 11 is 0. The predicted octanol–water partition coefficient (Wildman–Crippen LogP) is 0.994. The molecule has 0 aromatic carbocycles. The van der Waals surface area contributed by atoms with E-state index in [2.05, 4.69) is 27.3 Å². The Bertz CT molecular complexity index is 403. The van der Waals surface area contributed by atoms with Gasteiger partial charge in [-0.15, -0.1) is 0 Å². The van der Waals surface area contributed by atoms with Crippen LogP contribution in [0.5, 0.6) is 0 Å². The molecular weight excluding hydrogens is 190 g/mol. The summed E-state index contributed by atoms with van der Waals surface area (Å²) in [7, 11) is 1.92. The zero-order valence-electron chi connectivity index (χ0n) is 8.94. The van der Waals surface area contributed by atoms with Gasteiger partial charge in [0.1, 0.15) is 5.82 Å². The summed E-state index contributed by atoms with van der Waals surface area (Å²) < 4.78 is 1.80. The highest BCUT2D eigenvalue weighted by atomic mass is 15.2. The van der Waals surface area contributed by atoms with Crippen molar-refractivity contribution in [1.82, 2.24) is 25.1 Å². The van der Waals surface area contributed by atoms with Gasteiger partial charge in [-0.25, -0.2) is 4.98 Å². The number of hydrogen-bond acceptors (Lipinski definition) is 3. The van der Waals surface area contributed by atoms with E-state index >= 15 is 0 Å². The minimum atomic E-state index is 0.222. The number of hydrogen-bond donors (Lipinski definition) is 2. The van der Waals surface area contributed by atoms with Crippen LogP contribution in [0.2, 0.25) is 0 Å². The fourth-order valence-corrected chi connectivity index (χ4v) is 1.45. The van der Waals surface area contributed by atoms with Crippen molar-refractivity contribution >= 4 is 0 Å². The second-order valence-electron chi connectivity index (χ2n) is 3.60. The maximum absolute atomic E-state index is 4.19. The van der Waals surface area contributed by atoms with Gasteiger partial charge < -0.3 is 10.3 Å². The summed E-state index contributed by atoms with van der Waals surface area (Å²) in [6, 6.07) is 0.222. The molecule has 0 aliphatic carbocycles. The Hall–Kier alpha value is -1.62. The van der Waals surface area contributed by atoms with Crippen molar-refractivity contribution < 1.29 is 0 Å². The van der Waals surface area contributed by atoms with Crippen LogP contribution in [0.1, 0.15) is 24.4 Å². The second kappa shape index (κ2) is 4.27. The minimum Gasteiger partial charge on any atom is -0.347 e. The highest BCUT2D eigenvalue weighted by molar-refractivity contribution is 5.04. The molecule has 0 saturated carbocycles. The molecule has 80 valence electrons. The van der Waals surface area contributed by atoms with Gasteiger partial charge in [0.25, 0.3) is 0 Å². The molecule has 2 heterocycles. The zero-order chi connectivity index (χ0) is 10.7. The van der Waals surface area contributed by atoms with Gasteiger partial charge in [-0.3, -0.25) is 4.68 Å². The maximum Gasteiger partial charge on any atom is 0.122 e. The molecule has 1 atom stereocenters. The number of H-pyrrole nitrogens is 1. The van der Waals surface area contributed by atoms with Crippen molar-refractivity contribution in [3.05, 3.63) is 36.2 Å². The van der Waals surface area contributed by atoms with Gasteiger partial charge in [0.05, 0.1) is 12.2 Å². The lowest BCUT2D eigenvalue weighted by Gasteiger charge is -2.09. The fraction of sp³-hybridized carbons (Fsp3) is 0.400.